The summed E-state index contributed by atoms with van der Waals surface area (Å²) in [5.74, 6) is 1.36. The Hall–Kier alpha value is -1.60. The zero-order chi connectivity index (χ0) is 13.1. The summed E-state index contributed by atoms with van der Waals surface area (Å²) >= 11 is 0. The monoisotopic (exact) mass is 244 g/mol. The van der Waals surface area contributed by atoms with Gasteiger partial charge in [-0.2, -0.15) is 5.26 Å². The molecule has 1 aromatic rings. The molecule has 1 unspecified atom stereocenters. The van der Waals surface area contributed by atoms with Crippen LogP contribution in [-0.4, -0.2) is 24.6 Å². The van der Waals surface area contributed by atoms with E-state index in [2.05, 4.69) is 16.0 Å². The lowest BCUT2D eigenvalue weighted by molar-refractivity contribution is 0.421. The number of nitriles is 1. The predicted molar refractivity (Wildman–Crippen MR) is 72.4 cm³/mol. The van der Waals surface area contributed by atoms with Crippen LogP contribution in [0.15, 0.2) is 6.07 Å². The van der Waals surface area contributed by atoms with Crippen molar-refractivity contribution in [1.82, 2.24) is 4.98 Å². The Balaban J connectivity index is 2.35. The van der Waals surface area contributed by atoms with Gasteiger partial charge in [0.25, 0.3) is 0 Å². The number of aryl methyl sites for hydroxylation is 2. The van der Waals surface area contributed by atoms with Crippen LogP contribution >= 0.6 is 0 Å². The maximum absolute atomic E-state index is 9.30. The summed E-state index contributed by atoms with van der Waals surface area (Å²) in [6.45, 7) is 6.55. The van der Waals surface area contributed by atoms with Crippen LogP contribution in [0.5, 0.6) is 0 Å². The first-order valence-corrected chi connectivity index (χ1v) is 6.49. The second-order valence-corrected chi connectivity index (χ2v) is 5.08. The van der Waals surface area contributed by atoms with Crippen molar-refractivity contribution in [1.29, 1.82) is 5.26 Å². The molecule has 1 aliphatic rings. The average Bonchev–Trinajstić information content (AvgIpc) is 2.38. The van der Waals surface area contributed by atoms with Crippen LogP contribution in [0.2, 0.25) is 0 Å². The van der Waals surface area contributed by atoms with Crippen molar-refractivity contribution in [3.8, 4) is 6.07 Å². The van der Waals surface area contributed by atoms with E-state index in [1.807, 2.05) is 19.9 Å². The molecule has 2 heterocycles. The number of piperidine rings is 1. The normalized spacial score (nSPS) is 19.7. The van der Waals surface area contributed by atoms with Crippen LogP contribution in [0.4, 0.5) is 5.82 Å². The summed E-state index contributed by atoms with van der Waals surface area (Å²) in [6, 6.07) is 4.25. The maximum Gasteiger partial charge on any atom is 0.147 e. The zero-order valence-corrected chi connectivity index (χ0v) is 11.1. The molecule has 96 valence electrons. The molecular formula is C14H20N4. The Morgan fingerprint density at radius 3 is 3.00 bits per heavy atom. The highest BCUT2D eigenvalue weighted by molar-refractivity contribution is 5.58. The number of hydrogen-bond donors (Lipinski definition) is 1. The lowest BCUT2D eigenvalue weighted by Crippen LogP contribution is -2.39. The van der Waals surface area contributed by atoms with Gasteiger partial charge in [-0.25, -0.2) is 4.98 Å². The molecular weight excluding hydrogens is 224 g/mol. The third kappa shape index (κ3) is 2.46. The van der Waals surface area contributed by atoms with Crippen LogP contribution in [0, 0.1) is 31.1 Å². The Morgan fingerprint density at radius 1 is 1.56 bits per heavy atom. The number of nitrogens with zero attached hydrogens (tertiary/aromatic N) is 3. The highest BCUT2D eigenvalue weighted by Gasteiger charge is 2.22. The van der Waals surface area contributed by atoms with Crippen molar-refractivity contribution >= 4 is 5.82 Å². The lowest BCUT2D eigenvalue weighted by Gasteiger charge is -2.33. The Labute approximate surface area is 108 Å². The van der Waals surface area contributed by atoms with Gasteiger partial charge in [-0.3, -0.25) is 0 Å². The number of anilines is 1. The average molecular weight is 244 g/mol. The van der Waals surface area contributed by atoms with E-state index in [4.69, 9.17) is 5.73 Å². The van der Waals surface area contributed by atoms with Crippen molar-refractivity contribution in [3.05, 3.63) is 22.9 Å². The molecule has 18 heavy (non-hydrogen) atoms. The quantitative estimate of drug-likeness (QED) is 0.860. The van der Waals surface area contributed by atoms with Gasteiger partial charge in [0.05, 0.1) is 5.56 Å². The van der Waals surface area contributed by atoms with Crippen LogP contribution < -0.4 is 10.6 Å². The van der Waals surface area contributed by atoms with Crippen LogP contribution in [0.25, 0.3) is 0 Å². The van der Waals surface area contributed by atoms with E-state index >= 15 is 0 Å². The summed E-state index contributed by atoms with van der Waals surface area (Å²) in [7, 11) is 0. The predicted octanol–water partition coefficient (Wildman–Crippen LogP) is 1.75. The fourth-order valence-corrected chi connectivity index (χ4v) is 2.63. The van der Waals surface area contributed by atoms with Crippen molar-refractivity contribution in [2.75, 3.05) is 24.5 Å². The summed E-state index contributed by atoms with van der Waals surface area (Å²) in [5.41, 5.74) is 8.45. The van der Waals surface area contributed by atoms with Gasteiger partial charge in [-0.05, 0) is 50.8 Å². The molecule has 0 aliphatic carbocycles. The zero-order valence-electron chi connectivity index (χ0n) is 11.1. The molecule has 4 heteroatoms. The number of aromatic nitrogens is 1. The maximum atomic E-state index is 9.30. The highest BCUT2D eigenvalue weighted by atomic mass is 15.2. The van der Waals surface area contributed by atoms with E-state index in [-0.39, 0.29) is 0 Å². The first-order chi connectivity index (χ1) is 8.65. The minimum atomic E-state index is 0.521. The molecule has 0 saturated carbocycles. The van der Waals surface area contributed by atoms with E-state index in [0.717, 1.165) is 36.6 Å². The molecule has 2 rings (SSSR count). The van der Waals surface area contributed by atoms with Gasteiger partial charge in [0.15, 0.2) is 0 Å². The van der Waals surface area contributed by atoms with Gasteiger partial charge in [-0.15, -0.1) is 0 Å². The summed E-state index contributed by atoms with van der Waals surface area (Å²) in [4.78, 5) is 6.78. The third-order valence-electron chi connectivity index (χ3n) is 3.59. The minimum Gasteiger partial charge on any atom is -0.355 e. The fraction of sp³-hybridized carbons (Fsp3) is 0.571. The Kier molecular flexibility index (Phi) is 3.83. The molecule has 0 radical (unpaired) electrons. The van der Waals surface area contributed by atoms with Gasteiger partial charge in [-0.1, -0.05) is 0 Å². The smallest absolute Gasteiger partial charge is 0.147 e. The second-order valence-electron chi connectivity index (χ2n) is 5.08. The van der Waals surface area contributed by atoms with Gasteiger partial charge < -0.3 is 10.6 Å². The largest absolute Gasteiger partial charge is 0.355 e. The number of rotatable bonds is 2. The summed E-state index contributed by atoms with van der Waals surface area (Å²) in [5, 5.41) is 9.30. The van der Waals surface area contributed by atoms with Gasteiger partial charge in [0.2, 0.25) is 0 Å². The van der Waals surface area contributed by atoms with Crippen LogP contribution in [-0.2, 0) is 0 Å². The first-order valence-electron chi connectivity index (χ1n) is 6.49. The van der Waals surface area contributed by atoms with Crippen LogP contribution in [0.1, 0.15) is 29.7 Å². The second kappa shape index (κ2) is 5.36. The molecule has 0 bridgehead atoms. The Bertz CT molecular complexity index is 475. The highest BCUT2D eigenvalue weighted by Crippen LogP contribution is 2.26. The third-order valence-corrected chi connectivity index (χ3v) is 3.59. The molecule has 0 amide bonds. The number of hydrogen-bond acceptors (Lipinski definition) is 4. The lowest BCUT2D eigenvalue weighted by atomic mass is 9.97. The van der Waals surface area contributed by atoms with Crippen molar-refractivity contribution in [3.63, 3.8) is 0 Å². The van der Waals surface area contributed by atoms with Crippen molar-refractivity contribution < 1.29 is 0 Å². The molecule has 0 aromatic carbocycles. The van der Waals surface area contributed by atoms with E-state index in [9.17, 15) is 5.26 Å². The number of pyridine rings is 1. The van der Waals surface area contributed by atoms with Crippen molar-refractivity contribution in [2.45, 2.75) is 26.7 Å². The van der Waals surface area contributed by atoms with Crippen molar-refractivity contribution in [2.24, 2.45) is 11.7 Å². The van der Waals surface area contributed by atoms with E-state index in [1.54, 1.807) is 0 Å². The fourth-order valence-electron chi connectivity index (χ4n) is 2.63. The molecule has 1 aliphatic heterocycles. The van der Waals surface area contributed by atoms with E-state index < -0.39 is 0 Å². The molecule has 1 atom stereocenters. The van der Waals surface area contributed by atoms with E-state index in [0.29, 0.717) is 18.0 Å². The SMILES string of the molecule is Cc1cc(C)c(C#N)c(N2CCCC(CN)C2)n1. The van der Waals surface area contributed by atoms with Gasteiger partial charge >= 0.3 is 0 Å². The summed E-state index contributed by atoms with van der Waals surface area (Å²) in [6.07, 6.45) is 2.31. The number of nitrogens with two attached hydrogens (primary N) is 1. The van der Waals surface area contributed by atoms with E-state index in [1.165, 1.54) is 6.42 Å². The molecule has 1 saturated heterocycles. The summed E-state index contributed by atoms with van der Waals surface area (Å²) < 4.78 is 0. The molecule has 2 N–H and O–H groups in total. The standard InChI is InChI=1S/C14H20N4/c1-10-6-11(2)17-14(13(10)8-16)18-5-3-4-12(7-15)9-18/h6,12H,3-5,7,9,15H2,1-2H3. The molecule has 4 nitrogen and oxygen atoms in total. The van der Waals surface area contributed by atoms with Crippen LogP contribution in [0.3, 0.4) is 0 Å². The molecule has 1 fully saturated rings. The van der Waals surface area contributed by atoms with Gasteiger partial charge in [0, 0.05) is 18.8 Å². The molecule has 0 spiro atoms. The Morgan fingerprint density at radius 2 is 2.33 bits per heavy atom. The van der Waals surface area contributed by atoms with Gasteiger partial charge in [0.1, 0.15) is 11.9 Å². The minimum absolute atomic E-state index is 0.521. The topological polar surface area (TPSA) is 65.9 Å². The first kappa shape index (κ1) is 12.8. The molecule has 1 aromatic heterocycles.